The van der Waals surface area contributed by atoms with Gasteiger partial charge in [0.05, 0.1) is 0 Å². The van der Waals surface area contributed by atoms with Crippen molar-refractivity contribution in [2.45, 2.75) is 53.5 Å². The molecule has 1 aliphatic heterocycles. The molecule has 2 aliphatic rings. The van der Waals surface area contributed by atoms with E-state index >= 15 is 0 Å². The molecule has 0 unspecified atom stereocenters. The van der Waals surface area contributed by atoms with Gasteiger partial charge in [-0.15, -0.1) is 0 Å². The molecule has 0 aromatic carbocycles. The fraction of sp³-hybridized carbons (Fsp3) is 0.933. The van der Waals surface area contributed by atoms with Gasteiger partial charge in [0.25, 0.3) is 0 Å². The second kappa shape index (κ2) is 4.22. The summed E-state index contributed by atoms with van der Waals surface area (Å²) in [5, 5.41) is 0. The first-order valence-corrected chi connectivity index (χ1v) is 7.24. The zero-order valence-electron chi connectivity index (χ0n) is 12.5. The summed E-state index contributed by atoms with van der Waals surface area (Å²) < 4.78 is 0. The van der Waals surface area contributed by atoms with E-state index in [1.165, 1.54) is 6.42 Å². The molecule has 18 heavy (non-hydrogen) atoms. The van der Waals surface area contributed by atoms with Crippen LogP contribution in [0.2, 0.25) is 0 Å². The van der Waals surface area contributed by atoms with E-state index in [1.807, 2.05) is 0 Å². The number of piperidine rings is 1. The van der Waals surface area contributed by atoms with Crippen molar-refractivity contribution in [3.8, 4) is 0 Å². The standard InChI is InChI=1S/C15H28N2O/c1-10(16)11-7-6-8-17(9-11)13(18)12-14(2,3)15(12,4)5/h10-12H,6-9,16H2,1-5H3/t10-,11+/m0/s1. The Labute approximate surface area is 111 Å². The molecule has 1 saturated carbocycles. The molecule has 0 aromatic heterocycles. The highest BCUT2D eigenvalue weighted by atomic mass is 16.2. The summed E-state index contributed by atoms with van der Waals surface area (Å²) in [6.45, 7) is 12.7. The van der Waals surface area contributed by atoms with Gasteiger partial charge in [-0.1, -0.05) is 27.7 Å². The number of carbonyl (C=O) groups is 1. The predicted molar refractivity (Wildman–Crippen MR) is 74.0 cm³/mol. The van der Waals surface area contributed by atoms with Crippen molar-refractivity contribution in [2.75, 3.05) is 13.1 Å². The number of hydrogen-bond donors (Lipinski definition) is 1. The molecule has 2 atom stereocenters. The number of amides is 1. The molecule has 1 amide bonds. The number of nitrogens with zero attached hydrogens (tertiary/aromatic N) is 1. The molecule has 2 N–H and O–H groups in total. The van der Waals surface area contributed by atoms with Gasteiger partial charge in [0, 0.05) is 25.0 Å². The maximum atomic E-state index is 12.6. The maximum Gasteiger partial charge on any atom is 0.226 e. The molecule has 0 bridgehead atoms. The van der Waals surface area contributed by atoms with Crippen LogP contribution >= 0.6 is 0 Å². The summed E-state index contributed by atoms with van der Waals surface area (Å²) in [5.41, 5.74) is 6.28. The van der Waals surface area contributed by atoms with E-state index in [9.17, 15) is 4.79 Å². The summed E-state index contributed by atoms with van der Waals surface area (Å²) >= 11 is 0. The number of nitrogens with two attached hydrogens (primary N) is 1. The van der Waals surface area contributed by atoms with Gasteiger partial charge >= 0.3 is 0 Å². The Morgan fingerprint density at radius 1 is 1.28 bits per heavy atom. The van der Waals surface area contributed by atoms with Crippen LogP contribution in [0.25, 0.3) is 0 Å². The quantitative estimate of drug-likeness (QED) is 0.819. The number of likely N-dealkylation sites (tertiary alicyclic amines) is 1. The molecular formula is C15H28N2O. The number of carbonyl (C=O) groups excluding carboxylic acids is 1. The molecule has 3 heteroatoms. The zero-order valence-corrected chi connectivity index (χ0v) is 12.5. The number of rotatable bonds is 2. The second-order valence-electron chi connectivity index (χ2n) is 7.42. The lowest BCUT2D eigenvalue weighted by Crippen LogP contribution is -2.46. The lowest BCUT2D eigenvalue weighted by atomic mass is 9.91. The lowest BCUT2D eigenvalue weighted by molar-refractivity contribution is -0.135. The van der Waals surface area contributed by atoms with Gasteiger partial charge in [0.2, 0.25) is 5.91 Å². The summed E-state index contributed by atoms with van der Waals surface area (Å²) in [7, 11) is 0. The first-order valence-electron chi connectivity index (χ1n) is 7.24. The summed E-state index contributed by atoms with van der Waals surface area (Å²) in [6, 6.07) is 0.195. The zero-order chi connectivity index (χ0) is 13.7. The first kappa shape index (κ1) is 13.9. The highest BCUT2D eigenvalue weighted by Crippen LogP contribution is 2.68. The lowest BCUT2D eigenvalue weighted by Gasteiger charge is -2.35. The van der Waals surface area contributed by atoms with Gasteiger partial charge in [-0.2, -0.15) is 0 Å². The monoisotopic (exact) mass is 252 g/mol. The smallest absolute Gasteiger partial charge is 0.226 e. The van der Waals surface area contributed by atoms with Crippen LogP contribution in [-0.4, -0.2) is 29.9 Å². The van der Waals surface area contributed by atoms with Crippen LogP contribution in [0.4, 0.5) is 0 Å². The Morgan fingerprint density at radius 3 is 2.28 bits per heavy atom. The van der Waals surface area contributed by atoms with Crippen molar-refractivity contribution < 1.29 is 4.79 Å². The Kier molecular flexibility index (Phi) is 3.25. The highest BCUT2D eigenvalue weighted by molar-refractivity contribution is 5.84. The minimum atomic E-state index is 0.144. The molecule has 104 valence electrons. The van der Waals surface area contributed by atoms with Crippen molar-refractivity contribution in [2.24, 2.45) is 28.4 Å². The van der Waals surface area contributed by atoms with Crippen molar-refractivity contribution in [3.63, 3.8) is 0 Å². The van der Waals surface area contributed by atoms with Crippen LogP contribution in [0, 0.1) is 22.7 Å². The number of hydrogen-bond acceptors (Lipinski definition) is 2. The molecule has 2 fully saturated rings. The van der Waals surface area contributed by atoms with E-state index in [0.29, 0.717) is 11.8 Å². The third-order valence-corrected chi connectivity index (χ3v) is 5.78. The van der Waals surface area contributed by atoms with Crippen LogP contribution in [-0.2, 0) is 4.79 Å². The maximum absolute atomic E-state index is 12.6. The van der Waals surface area contributed by atoms with Gasteiger partial charge in [0.15, 0.2) is 0 Å². The average Bonchev–Trinajstić information content (AvgIpc) is 2.69. The first-order chi connectivity index (χ1) is 8.19. The summed E-state index contributed by atoms with van der Waals surface area (Å²) in [6.07, 6.45) is 2.27. The Hall–Kier alpha value is -0.570. The van der Waals surface area contributed by atoms with E-state index in [4.69, 9.17) is 5.73 Å². The molecule has 0 aromatic rings. The normalized spacial score (nSPS) is 32.1. The fourth-order valence-electron chi connectivity index (χ4n) is 3.64. The van der Waals surface area contributed by atoms with Gasteiger partial charge in [0.1, 0.15) is 0 Å². The molecule has 2 rings (SSSR count). The van der Waals surface area contributed by atoms with E-state index in [1.54, 1.807) is 0 Å². The van der Waals surface area contributed by atoms with Gasteiger partial charge in [-0.3, -0.25) is 4.79 Å². The fourth-order valence-corrected chi connectivity index (χ4v) is 3.64. The minimum absolute atomic E-state index is 0.144. The van der Waals surface area contributed by atoms with Gasteiger partial charge in [-0.05, 0) is 36.5 Å². The molecule has 1 heterocycles. The van der Waals surface area contributed by atoms with Crippen molar-refractivity contribution in [1.29, 1.82) is 0 Å². The van der Waals surface area contributed by atoms with Crippen LogP contribution in [0.1, 0.15) is 47.5 Å². The molecule has 1 saturated heterocycles. The third-order valence-electron chi connectivity index (χ3n) is 5.78. The van der Waals surface area contributed by atoms with Crippen LogP contribution < -0.4 is 5.73 Å². The van der Waals surface area contributed by atoms with E-state index in [-0.39, 0.29) is 22.8 Å². The van der Waals surface area contributed by atoms with Gasteiger partial charge in [-0.25, -0.2) is 0 Å². The Balaban J connectivity index is 2.03. The predicted octanol–water partition coefficient (Wildman–Crippen LogP) is 2.25. The molecule has 1 aliphatic carbocycles. The van der Waals surface area contributed by atoms with Crippen LogP contribution in [0.3, 0.4) is 0 Å². The summed E-state index contributed by atoms with van der Waals surface area (Å²) in [4.78, 5) is 14.7. The van der Waals surface area contributed by atoms with Crippen LogP contribution in [0.15, 0.2) is 0 Å². The largest absolute Gasteiger partial charge is 0.342 e. The molecular weight excluding hydrogens is 224 g/mol. The topological polar surface area (TPSA) is 46.3 Å². The van der Waals surface area contributed by atoms with Crippen molar-refractivity contribution >= 4 is 5.91 Å². The van der Waals surface area contributed by atoms with Crippen molar-refractivity contribution in [1.82, 2.24) is 4.90 Å². The molecule has 0 radical (unpaired) electrons. The van der Waals surface area contributed by atoms with E-state index in [2.05, 4.69) is 39.5 Å². The van der Waals surface area contributed by atoms with Crippen molar-refractivity contribution in [3.05, 3.63) is 0 Å². The average molecular weight is 252 g/mol. The van der Waals surface area contributed by atoms with E-state index < -0.39 is 0 Å². The van der Waals surface area contributed by atoms with Gasteiger partial charge < -0.3 is 10.6 Å². The van der Waals surface area contributed by atoms with Crippen LogP contribution in [0.5, 0.6) is 0 Å². The minimum Gasteiger partial charge on any atom is -0.342 e. The van der Waals surface area contributed by atoms with E-state index in [0.717, 1.165) is 19.5 Å². The molecule has 0 spiro atoms. The Morgan fingerprint density at radius 2 is 1.83 bits per heavy atom. The second-order valence-corrected chi connectivity index (χ2v) is 7.42. The third kappa shape index (κ3) is 1.97. The molecule has 3 nitrogen and oxygen atoms in total. The highest BCUT2D eigenvalue weighted by Gasteiger charge is 2.68. The summed E-state index contributed by atoms with van der Waals surface area (Å²) in [5.74, 6) is 1.03. The Bertz CT molecular complexity index is 332. The SMILES string of the molecule is C[C@H](N)[C@@H]1CCCN(C(=O)C2C(C)(C)C2(C)C)C1.